The van der Waals surface area contributed by atoms with Crippen molar-refractivity contribution in [2.75, 3.05) is 7.05 Å². The Balaban J connectivity index is 2.06. The lowest BCUT2D eigenvalue weighted by Crippen LogP contribution is -2.82. The smallest absolute Gasteiger partial charge is 0.223 e. The van der Waals surface area contributed by atoms with Crippen LogP contribution in [-0.4, -0.2) is 18.4 Å². The molecule has 4 nitrogen and oxygen atoms in total. The summed E-state index contributed by atoms with van der Waals surface area (Å²) >= 11 is 17.0. The number of hydrogen-bond acceptors (Lipinski definition) is 2. The van der Waals surface area contributed by atoms with Crippen molar-refractivity contribution < 1.29 is 9.84 Å². The molecule has 0 unspecified atom stereocenters. The molecule has 0 radical (unpaired) electrons. The predicted octanol–water partition coefficient (Wildman–Crippen LogP) is 2.08. The minimum atomic E-state index is 0.350. The number of benzene rings is 2. The minimum absolute atomic E-state index is 0.350. The molecule has 7 heteroatoms. The van der Waals surface area contributed by atoms with Crippen molar-refractivity contribution in [3.63, 3.8) is 0 Å². The Bertz CT molecular complexity index is 722. The number of ether oxygens (including phenoxy) is 1. The second-order valence-electron chi connectivity index (χ2n) is 4.56. The molecule has 2 aromatic rings. The van der Waals surface area contributed by atoms with Crippen molar-refractivity contribution in [2.24, 2.45) is 0 Å². The van der Waals surface area contributed by atoms with Gasteiger partial charge in [0.1, 0.15) is 12.4 Å². The van der Waals surface area contributed by atoms with E-state index in [1.54, 1.807) is 25.4 Å². The molecule has 0 fully saturated rings. The van der Waals surface area contributed by atoms with E-state index >= 15 is 0 Å². The van der Waals surface area contributed by atoms with Crippen LogP contribution in [0.5, 0.6) is 5.75 Å². The molecule has 3 N–H and O–H groups in total. The molecule has 0 atom stereocenters. The largest absolute Gasteiger partial charge is 0.488 e. The lowest BCUT2D eigenvalue weighted by atomic mass is 10.2. The average Bonchev–Trinajstić information content (AvgIpc) is 2.55. The monoisotopic (exact) mass is 368 g/mol. The Morgan fingerprint density at radius 1 is 1.26 bits per heavy atom. The van der Waals surface area contributed by atoms with E-state index in [1.165, 1.54) is 0 Å². The maximum Gasteiger partial charge on any atom is 0.223 e. The molecular formula is C16H16Cl2N3OS+. The summed E-state index contributed by atoms with van der Waals surface area (Å²) in [7, 11) is 1.74. The maximum atomic E-state index is 6.15. The van der Waals surface area contributed by atoms with Crippen LogP contribution in [0, 0.1) is 0 Å². The summed E-state index contributed by atoms with van der Waals surface area (Å²) in [4.78, 5) is 0. The first kappa shape index (κ1) is 17.5. The number of hydrazone groups is 1. The molecule has 0 heterocycles. The first-order valence-electron chi connectivity index (χ1n) is 6.82. The van der Waals surface area contributed by atoms with E-state index in [0.29, 0.717) is 21.8 Å². The van der Waals surface area contributed by atoms with Crippen LogP contribution >= 0.6 is 35.4 Å². The molecule has 0 saturated heterocycles. The molecule has 0 aliphatic rings. The van der Waals surface area contributed by atoms with Crippen LogP contribution in [0.25, 0.3) is 0 Å². The number of rotatable bonds is 5. The van der Waals surface area contributed by atoms with Gasteiger partial charge in [0.15, 0.2) is 0 Å². The molecule has 0 amide bonds. The fourth-order valence-corrected chi connectivity index (χ4v) is 2.29. The number of hydrazine groups is 1. The van der Waals surface area contributed by atoms with E-state index in [2.05, 4.69) is 15.8 Å². The molecule has 0 bridgehead atoms. The summed E-state index contributed by atoms with van der Waals surface area (Å²) in [5, 5.41) is 7.39. The molecule has 0 aromatic heterocycles. The molecule has 23 heavy (non-hydrogen) atoms. The van der Waals surface area contributed by atoms with Crippen molar-refractivity contribution in [3.8, 4) is 5.75 Å². The second kappa shape index (κ2) is 8.72. The highest BCUT2D eigenvalue weighted by atomic mass is 35.5. The van der Waals surface area contributed by atoms with Gasteiger partial charge >= 0.3 is 0 Å². The van der Waals surface area contributed by atoms with Gasteiger partial charge in [-0.2, -0.15) is 0 Å². The van der Waals surface area contributed by atoms with Crippen LogP contribution in [0.1, 0.15) is 11.1 Å². The molecular weight excluding hydrogens is 353 g/mol. The van der Waals surface area contributed by atoms with Crippen LogP contribution in [0.2, 0.25) is 10.0 Å². The summed E-state index contributed by atoms with van der Waals surface area (Å²) in [6.45, 7) is 0.350. The minimum Gasteiger partial charge on any atom is -0.488 e. The summed E-state index contributed by atoms with van der Waals surface area (Å²) in [5.41, 5.74) is 4.57. The van der Waals surface area contributed by atoms with Gasteiger partial charge in [-0.1, -0.05) is 41.4 Å². The van der Waals surface area contributed by atoms with Gasteiger partial charge in [0.05, 0.1) is 5.56 Å². The van der Waals surface area contributed by atoms with E-state index in [-0.39, 0.29) is 0 Å². The first-order chi connectivity index (χ1) is 11.1. The van der Waals surface area contributed by atoms with Crippen LogP contribution in [0.3, 0.4) is 0 Å². The van der Waals surface area contributed by atoms with Gasteiger partial charge in [0.25, 0.3) is 0 Å². The molecule has 0 saturated carbocycles. The van der Waals surface area contributed by atoms with Gasteiger partial charge in [0, 0.05) is 22.7 Å². The van der Waals surface area contributed by atoms with Gasteiger partial charge in [-0.05, 0) is 36.5 Å². The highest BCUT2D eigenvalue weighted by molar-refractivity contribution is 7.80. The second-order valence-corrected chi connectivity index (χ2v) is 5.81. The Labute approximate surface area is 150 Å². The topological polar surface area (TPSA) is 47.3 Å². The SMILES string of the molecule is CNC(=S)N[NH+]=Cc1ccccc1OCc1ccc(Cl)cc1Cl. The Kier molecular flexibility index (Phi) is 6.65. The Hall–Kier alpha value is -1.82. The summed E-state index contributed by atoms with van der Waals surface area (Å²) in [6.07, 6.45) is 1.77. The standard InChI is InChI=1S/C16H15Cl2N3OS/c1-19-16(23)21-20-9-11-4-2-3-5-15(11)22-10-12-6-7-13(17)8-14(12)18/h2-9H,10H2,1H3,(H2,19,21,23)/p+1. The van der Waals surface area contributed by atoms with Crippen molar-refractivity contribution in [2.45, 2.75) is 6.61 Å². The third-order valence-corrected chi connectivity index (χ3v) is 3.85. The van der Waals surface area contributed by atoms with E-state index in [9.17, 15) is 0 Å². The predicted molar refractivity (Wildman–Crippen MR) is 98.2 cm³/mol. The van der Waals surface area contributed by atoms with Crippen LogP contribution in [-0.2, 0) is 6.61 Å². The lowest BCUT2D eigenvalue weighted by molar-refractivity contribution is -0.500. The molecule has 0 aliphatic heterocycles. The van der Waals surface area contributed by atoms with Gasteiger partial charge in [-0.25, -0.2) is 0 Å². The summed E-state index contributed by atoms with van der Waals surface area (Å²) in [5.74, 6) is 0.725. The first-order valence-corrected chi connectivity index (χ1v) is 7.99. The van der Waals surface area contributed by atoms with E-state index in [0.717, 1.165) is 16.9 Å². The third-order valence-electron chi connectivity index (χ3n) is 2.96. The van der Waals surface area contributed by atoms with Gasteiger partial charge < -0.3 is 10.1 Å². The number of thiocarbonyl (C=S) groups is 1. The van der Waals surface area contributed by atoms with E-state index in [1.807, 2.05) is 30.3 Å². The quantitative estimate of drug-likeness (QED) is 0.429. The molecule has 120 valence electrons. The van der Waals surface area contributed by atoms with Crippen LogP contribution in [0.4, 0.5) is 0 Å². The van der Waals surface area contributed by atoms with E-state index in [4.69, 9.17) is 40.2 Å². The zero-order chi connectivity index (χ0) is 16.7. The Morgan fingerprint density at radius 2 is 2.04 bits per heavy atom. The lowest BCUT2D eigenvalue weighted by Gasteiger charge is -2.09. The van der Waals surface area contributed by atoms with Gasteiger partial charge in [-0.15, -0.1) is 10.5 Å². The molecule has 0 spiro atoms. The van der Waals surface area contributed by atoms with Crippen LogP contribution in [0.15, 0.2) is 42.5 Å². The highest BCUT2D eigenvalue weighted by Crippen LogP contribution is 2.23. The van der Waals surface area contributed by atoms with Crippen LogP contribution < -0.4 is 20.6 Å². The van der Waals surface area contributed by atoms with Gasteiger partial charge in [-0.3, -0.25) is 0 Å². The summed E-state index contributed by atoms with van der Waals surface area (Å²) in [6, 6.07) is 13.0. The number of nitrogens with one attached hydrogen (secondary N) is 3. The molecule has 2 aromatic carbocycles. The van der Waals surface area contributed by atoms with Crippen molar-refractivity contribution >= 4 is 46.7 Å². The molecule has 0 aliphatic carbocycles. The third kappa shape index (κ3) is 5.39. The van der Waals surface area contributed by atoms with Crippen molar-refractivity contribution in [1.29, 1.82) is 0 Å². The Morgan fingerprint density at radius 3 is 2.78 bits per heavy atom. The fraction of sp³-hybridized carbons (Fsp3) is 0.125. The normalized spacial score (nSPS) is 10.6. The zero-order valence-electron chi connectivity index (χ0n) is 12.4. The average molecular weight is 369 g/mol. The maximum absolute atomic E-state index is 6.15. The molecule has 2 rings (SSSR count). The zero-order valence-corrected chi connectivity index (χ0v) is 14.7. The van der Waals surface area contributed by atoms with Crippen molar-refractivity contribution in [3.05, 3.63) is 63.6 Å². The number of para-hydroxylation sites is 1. The van der Waals surface area contributed by atoms with E-state index < -0.39 is 0 Å². The van der Waals surface area contributed by atoms with Crippen molar-refractivity contribution in [1.82, 2.24) is 10.7 Å². The number of hydrogen-bond donors (Lipinski definition) is 3. The summed E-state index contributed by atoms with van der Waals surface area (Å²) < 4.78 is 5.85. The number of halogens is 2. The van der Waals surface area contributed by atoms with Gasteiger partial charge in [0.2, 0.25) is 11.3 Å². The highest BCUT2D eigenvalue weighted by Gasteiger charge is 2.06. The fourth-order valence-electron chi connectivity index (χ4n) is 1.77.